The molecule has 6 nitrogen and oxygen atoms in total. The molecule has 2 aliphatic rings. The van der Waals surface area contributed by atoms with Crippen LogP contribution in [0.1, 0.15) is 35.8 Å². The Labute approximate surface area is 183 Å². The van der Waals surface area contributed by atoms with Crippen molar-refractivity contribution >= 4 is 27.3 Å². The SMILES string of the molecule is CC(C)c1ccc(S(=O)(=O)N2CCN(C(=O)CN3CCc4sccc4C3)CC2)cc1. The van der Waals surface area contributed by atoms with E-state index in [1.54, 1.807) is 28.4 Å². The van der Waals surface area contributed by atoms with Gasteiger partial charge >= 0.3 is 0 Å². The summed E-state index contributed by atoms with van der Waals surface area (Å²) in [5.74, 6) is 0.453. The smallest absolute Gasteiger partial charge is 0.243 e. The Kier molecular flexibility index (Phi) is 6.29. The van der Waals surface area contributed by atoms with Crippen LogP contribution in [0.4, 0.5) is 0 Å². The molecule has 8 heteroatoms. The first kappa shape index (κ1) is 21.5. The molecule has 0 radical (unpaired) electrons. The van der Waals surface area contributed by atoms with Crippen LogP contribution in [0.25, 0.3) is 0 Å². The van der Waals surface area contributed by atoms with Crippen molar-refractivity contribution in [3.63, 3.8) is 0 Å². The lowest BCUT2D eigenvalue weighted by atomic mass is 10.0. The standard InChI is InChI=1S/C22H29N3O3S2/c1-17(2)18-3-5-20(6-4-18)30(27,28)25-12-10-24(11-13-25)22(26)16-23-9-7-21-19(15-23)8-14-29-21/h3-6,8,14,17H,7,9-13,15-16H2,1-2H3. The monoisotopic (exact) mass is 447 g/mol. The first-order chi connectivity index (χ1) is 14.3. The van der Waals surface area contributed by atoms with E-state index in [-0.39, 0.29) is 5.91 Å². The van der Waals surface area contributed by atoms with E-state index < -0.39 is 10.0 Å². The zero-order chi connectivity index (χ0) is 21.3. The van der Waals surface area contributed by atoms with Crippen molar-refractivity contribution < 1.29 is 13.2 Å². The maximum atomic E-state index is 13.0. The Balaban J connectivity index is 1.32. The zero-order valence-corrected chi connectivity index (χ0v) is 19.2. The average Bonchev–Trinajstić information content (AvgIpc) is 3.22. The number of benzene rings is 1. The first-order valence-electron chi connectivity index (χ1n) is 10.5. The van der Waals surface area contributed by atoms with Crippen molar-refractivity contribution in [3.8, 4) is 0 Å². The Morgan fingerprint density at radius 2 is 1.73 bits per heavy atom. The normalized spacial score (nSPS) is 18.6. The Morgan fingerprint density at radius 3 is 2.40 bits per heavy atom. The number of hydrogen-bond acceptors (Lipinski definition) is 5. The maximum absolute atomic E-state index is 13.0. The molecular weight excluding hydrogens is 418 g/mol. The highest BCUT2D eigenvalue weighted by atomic mass is 32.2. The third-order valence-electron chi connectivity index (χ3n) is 6.02. The van der Waals surface area contributed by atoms with Crippen molar-refractivity contribution in [2.45, 2.75) is 37.6 Å². The molecule has 162 valence electrons. The minimum atomic E-state index is -3.52. The summed E-state index contributed by atoms with van der Waals surface area (Å²) in [6.07, 6.45) is 1.00. The topological polar surface area (TPSA) is 60.9 Å². The first-order valence-corrected chi connectivity index (χ1v) is 12.8. The summed E-state index contributed by atoms with van der Waals surface area (Å²) in [6.45, 7) is 7.87. The number of piperazine rings is 1. The predicted octanol–water partition coefficient (Wildman–Crippen LogP) is 2.76. The van der Waals surface area contributed by atoms with Gasteiger partial charge in [0.1, 0.15) is 0 Å². The number of carbonyl (C=O) groups excluding carboxylic acids is 1. The molecule has 2 aromatic rings. The molecule has 1 fully saturated rings. The molecule has 3 heterocycles. The molecule has 2 aliphatic heterocycles. The van der Waals surface area contributed by atoms with Crippen LogP contribution in [0.15, 0.2) is 40.6 Å². The highest BCUT2D eigenvalue weighted by Crippen LogP contribution is 2.24. The van der Waals surface area contributed by atoms with Crippen molar-refractivity contribution in [1.29, 1.82) is 0 Å². The molecule has 4 rings (SSSR count). The highest BCUT2D eigenvalue weighted by Gasteiger charge is 2.31. The second-order valence-corrected chi connectivity index (χ2v) is 11.3. The summed E-state index contributed by atoms with van der Waals surface area (Å²) < 4.78 is 27.4. The molecule has 0 N–H and O–H groups in total. The van der Waals surface area contributed by atoms with Crippen LogP contribution in [-0.4, -0.2) is 67.7 Å². The molecule has 0 bridgehead atoms. The van der Waals surface area contributed by atoms with Gasteiger partial charge in [0.2, 0.25) is 15.9 Å². The van der Waals surface area contributed by atoms with E-state index in [4.69, 9.17) is 0 Å². The summed E-state index contributed by atoms with van der Waals surface area (Å²) >= 11 is 1.79. The quantitative estimate of drug-likeness (QED) is 0.707. The van der Waals surface area contributed by atoms with E-state index in [0.717, 1.165) is 25.1 Å². The largest absolute Gasteiger partial charge is 0.339 e. The van der Waals surface area contributed by atoms with E-state index in [9.17, 15) is 13.2 Å². The third-order valence-corrected chi connectivity index (χ3v) is 8.96. The summed E-state index contributed by atoms with van der Waals surface area (Å²) in [6, 6.07) is 9.30. The molecule has 0 saturated carbocycles. The van der Waals surface area contributed by atoms with Crippen molar-refractivity contribution in [2.24, 2.45) is 0 Å². The fourth-order valence-electron chi connectivity index (χ4n) is 4.08. The van der Waals surface area contributed by atoms with Gasteiger partial charge in [-0.2, -0.15) is 4.31 Å². The highest BCUT2D eigenvalue weighted by molar-refractivity contribution is 7.89. The molecule has 30 heavy (non-hydrogen) atoms. The fourth-order valence-corrected chi connectivity index (χ4v) is 6.40. The Hall–Kier alpha value is -1.74. The number of amides is 1. The van der Waals surface area contributed by atoms with Gasteiger partial charge in [-0.15, -0.1) is 11.3 Å². The van der Waals surface area contributed by atoms with Crippen LogP contribution in [0.3, 0.4) is 0 Å². The number of sulfonamides is 1. The van der Waals surface area contributed by atoms with E-state index in [1.165, 1.54) is 14.7 Å². The van der Waals surface area contributed by atoms with Crippen LogP contribution in [0, 0.1) is 0 Å². The van der Waals surface area contributed by atoms with Crippen LogP contribution in [0.5, 0.6) is 0 Å². The number of hydrogen-bond donors (Lipinski definition) is 0. The second kappa shape index (κ2) is 8.78. The lowest BCUT2D eigenvalue weighted by molar-refractivity contribution is -0.133. The zero-order valence-electron chi connectivity index (χ0n) is 17.6. The molecule has 1 aromatic heterocycles. The minimum absolute atomic E-state index is 0.0898. The van der Waals surface area contributed by atoms with Gasteiger partial charge in [0.15, 0.2) is 0 Å². The number of thiophene rings is 1. The minimum Gasteiger partial charge on any atom is -0.339 e. The second-order valence-electron chi connectivity index (χ2n) is 8.34. The van der Waals surface area contributed by atoms with Gasteiger partial charge in [0, 0.05) is 44.1 Å². The van der Waals surface area contributed by atoms with E-state index in [1.807, 2.05) is 12.1 Å². The van der Waals surface area contributed by atoms with Gasteiger partial charge in [-0.25, -0.2) is 8.42 Å². The van der Waals surface area contributed by atoms with Crippen LogP contribution in [0.2, 0.25) is 0 Å². The fraction of sp³-hybridized carbons (Fsp3) is 0.500. The summed E-state index contributed by atoms with van der Waals surface area (Å²) in [5, 5.41) is 2.12. The molecule has 0 atom stereocenters. The van der Waals surface area contributed by atoms with Crippen molar-refractivity contribution in [3.05, 3.63) is 51.7 Å². The molecule has 0 spiro atoms. The van der Waals surface area contributed by atoms with Gasteiger partial charge in [-0.05, 0) is 47.0 Å². The van der Waals surface area contributed by atoms with Gasteiger partial charge < -0.3 is 4.90 Å². The Bertz CT molecular complexity index is 991. The van der Waals surface area contributed by atoms with Crippen LogP contribution >= 0.6 is 11.3 Å². The van der Waals surface area contributed by atoms with E-state index in [0.29, 0.717) is 43.5 Å². The lowest BCUT2D eigenvalue weighted by Gasteiger charge is -2.35. The van der Waals surface area contributed by atoms with E-state index >= 15 is 0 Å². The van der Waals surface area contributed by atoms with E-state index in [2.05, 4.69) is 30.2 Å². The molecule has 0 aliphatic carbocycles. The molecular formula is C22H29N3O3S2. The van der Waals surface area contributed by atoms with Crippen LogP contribution < -0.4 is 0 Å². The van der Waals surface area contributed by atoms with Crippen molar-refractivity contribution in [1.82, 2.24) is 14.1 Å². The molecule has 1 amide bonds. The number of carbonyl (C=O) groups is 1. The van der Waals surface area contributed by atoms with Crippen LogP contribution in [-0.2, 0) is 27.8 Å². The van der Waals surface area contributed by atoms with Gasteiger partial charge in [0.25, 0.3) is 0 Å². The molecule has 0 unspecified atom stereocenters. The van der Waals surface area contributed by atoms with Gasteiger partial charge in [-0.1, -0.05) is 26.0 Å². The number of fused-ring (bicyclic) bond motifs is 1. The predicted molar refractivity (Wildman–Crippen MR) is 119 cm³/mol. The third kappa shape index (κ3) is 4.46. The van der Waals surface area contributed by atoms with Gasteiger partial charge in [0.05, 0.1) is 11.4 Å². The maximum Gasteiger partial charge on any atom is 0.243 e. The summed E-state index contributed by atoms with van der Waals surface area (Å²) in [5.41, 5.74) is 2.45. The number of rotatable bonds is 5. The number of nitrogens with zero attached hydrogens (tertiary/aromatic N) is 3. The lowest BCUT2D eigenvalue weighted by Crippen LogP contribution is -2.52. The molecule has 1 aromatic carbocycles. The van der Waals surface area contributed by atoms with Gasteiger partial charge in [-0.3, -0.25) is 9.69 Å². The molecule has 1 saturated heterocycles. The average molecular weight is 448 g/mol. The Morgan fingerprint density at radius 1 is 1.03 bits per heavy atom. The van der Waals surface area contributed by atoms with Crippen molar-refractivity contribution in [2.75, 3.05) is 39.3 Å². The summed E-state index contributed by atoms with van der Waals surface area (Å²) in [7, 11) is -3.52. The summed E-state index contributed by atoms with van der Waals surface area (Å²) in [4.78, 5) is 18.5.